The van der Waals surface area contributed by atoms with Crippen LogP contribution in [0.4, 0.5) is 0 Å². The van der Waals surface area contributed by atoms with Crippen LogP contribution in [0.2, 0.25) is 0 Å². The van der Waals surface area contributed by atoms with Crippen LogP contribution in [0.25, 0.3) is 0 Å². The van der Waals surface area contributed by atoms with E-state index < -0.39 is 0 Å². The van der Waals surface area contributed by atoms with Crippen molar-refractivity contribution in [3.8, 4) is 0 Å². The van der Waals surface area contributed by atoms with Crippen molar-refractivity contribution >= 4 is 27.7 Å². The van der Waals surface area contributed by atoms with Crippen LogP contribution in [0, 0.1) is 17.3 Å². The second kappa shape index (κ2) is 4.86. The van der Waals surface area contributed by atoms with E-state index in [1.54, 1.807) is 0 Å². The maximum atomic E-state index is 11.8. The van der Waals surface area contributed by atoms with Crippen LogP contribution < -0.4 is 0 Å². The zero-order valence-electron chi connectivity index (χ0n) is 10.4. The summed E-state index contributed by atoms with van der Waals surface area (Å²) in [5.74, 6) is 0.127. The van der Waals surface area contributed by atoms with Crippen LogP contribution in [0.15, 0.2) is 0 Å². The van der Waals surface area contributed by atoms with Gasteiger partial charge in [0.05, 0.1) is 0 Å². The van der Waals surface area contributed by atoms with E-state index in [1.807, 2.05) is 6.92 Å². The Bertz CT molecular complexity index is 296. The number of halogens is 1. The van der Waals surface area contributed by atoms with E-state index in [1.165, 1.54) is 4.90 Å². The van der Waals surface area contributed by atoms with Crippen molar-refractivity contribution in [2.24, 2.45) is 17.3 Å². The third-order valence-corrected chi connectivity index (χ3v) is 4.07. The van der Waals surface area contributed by atoms with E-state index in [-0.39, 0.29) is 23.1 Å². The fourth-order valence-corrected chi connectivity index (χ4v) is 2.99. The maximum absolute atomic E-state index is 11.8. The first-order valence-electron chi connectivity index (χ1n) is 5.67. The Balaban J connectivity index is 2.73. The van der Waals surface area contributed by atoms with E-state index >= 15 is 0 Å². The highest BCUT2D eigenvalue weighted by atomic mass is 79.9. The number of alkyl halides is 1. The average Bonchev–Trinajstić information content (AvgIpc) is 2.37. The molecule has 2 amide bonds. The number of imide groups is 1. The number of rotatable bonds is 3. The molecule has 0 aromatic rings. The lowest BCUT2D eigenvalue weighted by atomic mass is 9.82. The molecule has 1 saturated heterocycles. The molecule has 0 bridgehead atoms. The molecule has 2 atom stereocenters. The highest BCUT2D eigenvalue weighted by Gasteiger charge is 2.38. The van der Waals surface area contributed by atoms with Crippen molar-refractivity contribution < 1.29 is 9.59 Å². The molecule has 0 aromatic carbocycles. The van der Waals surface area contributed by atoms with Crippen LogP contribution in [0.5, 0.6) is 0 Å². The molecule has 0 radical (unpaired) electrons. The molecule has 1 aliphatic rings. The Kier molecular flexibility index (Phi) is 4.16. The predicted molar refractivity (Wildman–Crippen MR) is 67.2 cm³/mol. The molecule has 0 saturated carbocycles. The molecular weight excluding hydrogens is 270 g/mol. The summed E-state index contributed by atoms with van der Waals surface area (Å²) in [5.41, 5.74) is 0.0931. The molecule has 0 aliphatic carbocycles. The zero-order chi connectivity index (χ0) is 12.5. The summed E-state index contributed by atoms with van der Waals surface area (Å²) in [7, 11) is 0. The Morgan fingerprint density at radius 2 is 2.00 bits per heavy atom. The zero-order valence-corrected chi connectivity index (χ0v) is 12.0. The topological polar surface area (TPSA) is 37.4 Å². The van der Waals surface area contributed by atoms with Crippen molar-refractivity contribution in [1.82, 2.24) is 4.90 Å². The summed E-state index contributed by atoms with van der Waals surface area (Å²) < 4.78 is 0. The van der Waals surface area contributed by atoms with Gasteiger partial charge in [0.1, 0.15) is 0 Å². The third-order valence-electron chi connectivity index (χ3n) is 3.28. The molecule has 1 heterocycles. The summed E-state index contributed by atoms with van der Waals surface area (Å²) in [6.07, 6.45) is 0.373. The van der Waals surface area contributed by atoms with Gasteiger partial charge >= 0.3 is 0 Å². The lowest BCUT2D eigenvalue weighted by Gasteiger charge is -2.32. The van der Waals surface area contributed by atoms with Gasteiger partial charge in [0.2, 0.25) is 11.8 Å². The van der Waals surface area contributed by atoms with Gasteiger partial charge in [-0.1, -0.05) is 43.6 Å². The molecular formula is C12H20BrNO2. The number of likely N-dealkylation sites (tertiary alicyclic amines) is 1. The van der Waals surface area contributed by atoms with Crippen molar-refractivity contribution in [2.45, 2.75) is 34.1 Å². The number of carbonyl (C=O) groups is 2. The van der Waals surface area contributed by atoms with E-state index in [2.05, 4.69) is 36.7 Å². The van der Waals surface area contributed by atoms with Crippen LogP contribution in [-0.4, -0.2) is 28.6 Å². The minimum absolute atomic E-state index is 0.0137. The molecule has 2 unspecified atom stereocenters. The Morgan fingerprint density at radius 3 is 2.31 bits per heavy atom. The van der Waals surface area contributed by atoms with Gasteiger partial charge < -0.3 is 0 Å². The van der Waals surface area contributed by atoms with Crippen molar-refractivity contribution in [3.63, 3.8) is 0 Å². The van der Waals surface area contributed by atoms with Crippen molar-refractivity contribution in [3.05, 3.63) is 0 Å². The monoisotopic (exact) mass is 289 g/mol. The standard InChI is InChI=1S/C12H20BrNO2/c1-8-5-10(15)14(11(8)16)7-9(6-13)12(2,3)4/h8-9H,5-7H2,1-4H3. The van der Waals surface area contributed by atoms with Crippen molar-refractivity contribution in [1.29, 1.82) is 0 Å². The first kappa shape index (κ1) is 13.7. The number of carbonyl (C=O) groups excluding carboxylic acids is 2. The highest BCUT2D eigenvalue weighted by molar-refractivity contribution is 9.09. The number of amides is 2. The van der Waals surface area contributed by atoms with Crippen molar-refractivity contribution in [2.75, 3.05) is 11.9 Å². The lowest BCUT2D eigenvalue weighted by Crippen LogP contribution is -2.39. The molecule has 16 heavy (non-hydrogen) atoms. The lowest BCUT2D eigenvalue weighted by molar-refractivity contribution is -0.140. The fourth-order valence-electron chi connectivity index (χ4n) is 1.81. The smallest absolute Gasteiger partial charge is 0.232 e. The summed E-state index contributed by atoms with van der Waals surface area (Å²) in [5, 5.41) is 0.807. The van der Waals surface area contributed by atoms with Crippen LogP contribution in [0.3, 0.4) is 0 Å². The van der Waals surface area contributed by atoms with Gasteiger partial charge in [-0.05, 0) is 11.3 Å². The van der Waals surface area contributed by atoms with Gasteiger partial charge in [-0.25, -0.2) is 0 Å². The first-order chi connectivity index (χ1) is 7.27. The Hall–Kier alpha value is -0.380. The first-order valence-corrected chi connectivity index (χ1v) is 6.79. The molecule has 1 rings (SSSR count). The summed E-state index contributed by atoms with van der Waals surface area (Å²) in [4.78, 5) is 24.9. The van der Waals surface area contributed by atoms with E-state index in [9.17, 15) is 9.59 Å². The highest BCUT2D eigenvalue weighted by Crippen LogP contribution is 2.30. The molecule has 3 nitrogen and oxygen atoms in total. The Labute approximate surface area is 106 Å². The summed E-state index contributed by atoms with van der Waals surface area (Å²) in [6, 6.07) is 0. The SMILES string of the molecule is CC1CC(=O)N(CC(CBr)C(C)(C)C)C1=O. The molecule has 1 fully saturated rings. The predicted octanol–water partition coefficient (Wildman–Crippen LogP) is 2.44. The normalized spacial score (nSPS) is 24.1. The number of nitrogens with zero attached hydrogens (tertiary/aromatic N) is 1. The molecule has 0 aromatic heterocycles. The molecule has 4 heteroatoms. The van der Waals surface area contributed by atoms with Gasteiger partial charge in [-0.3, -0.25) is 14.5 Å². The minimum Gasteiger partial charge on any atom is -0.282 e. The average molecular weight is 290 g/mol. The van der Waals surface area contributed by atoms with E-state index in [0.717, 1.165) is 5.33 Å². The van der Waals surface area contributed by atoms with Gasteiger partial charge in [-0.15, -0.1) is 0 Å². The molecule has 0 N–H and O–H groups in total. The van der Waals surface area contributed by atoms with E-state index in [0.29, 0.717) is 18.9 Å². The molecule has 92 valence electrons. The Morgan fingerprint density at radius 1 is 1.44 bits per heavy atom. The summed E-state index contributed by atoms with van der Waals surface area (Å²) >= 11 is 3.46. The van der Waals surface area contributed by atoms with Gasteiger partial charge in [0, 0.05) is 24.2 Å². The van der Waals surface area contributed by atoms with E-state index in [4.69, 9.17) is 0 Å². The van der Waals surface area contributed by atoms with Crippen LogP contribution in [0.1, 0.15) is 34.1 Å². The second-order valence-electron chi connectivity index (χ2n) is 5.67. The minimum atomic E-state index is -0.136. The second-order valence-corrected chi connectivity index (χ2v) is 6.31. The number of hydrogen-bond acceptors (Lipinski definition) is 2. The van der Waals surface area contributed by atoms with Crippen LogP contribution >= 0.6 is 15.9 Å². The number of hydrogen-bond donors (Lipinski definition) is 0. The van der Waals surface area contributed by atoms with Gasteiger partial charge in [-0.2, -0.15) is 0 Å². The quantitative estimate of drug-likeness (QED) is 0.591. The third kappa shape index (κ3) is 2.84. The van der Waals surface area contributed by atoms with Gasteiger partial charge in [0.25, 0.3) is 0 Å². The fraction of sp³-hybridized carbons (Fsp3) is 0.833. The van der Waals surface area contributed by atoms with Gasteiger partial charge in [0.15, 0.2) is 0 Å². The largest absolute Gasteiger partial charge is 0.282 e. The molecule has 0 spiro atoms. The summed E-state index contributed by atoms with van der Waals surface area (Å²) in [6.45, 7) is 8.76. The maximum Gasteiger partial charge on any atom is 0.232 e. The van der Waals surface area contributed by atoms with Crippen LogP contribution in [-0.2, 0) is 9.59 Å². The molecule has 1 aliphatic heterocycles.